The Morgan fingerprint density at radius 3 is 1.83 bits per heavy atom. The van der Waals surface area contributed by atoms with Gasteiger partial charge in [-0.2, -0.15) is 25.3 Å². The first kappa shape index (κ1) is 25.9. The van der Waals surface area contributed by atoms with Gasteiger partial charge in [-0.1, -0.05) is 6.07 Å². The summed E-state index contributed by atoms with van der Waals surface area (Å²) < 4.78 is 96.9. The molecule has 0 radical (unpaired) electrons. The Hall–Kier alpha value is -3.75. The van der Waals surface area contributed by atoms with E-state index >= 15 is 0 Å². The lowest BCUT2D eigenvalue weighted by Gasteiger charge is -2.10. The van der Waals surface area contributed by atoms with Crippen molar-refractivity contribution in [1.82, 2.24) is 0 Å². The van der Waals surface area contributed by atoms with Gasteiger partial charge in [0.2, 0.25) is 0 Å². The number of non-ortho nitro benzene ring substituents is 1. The summed E-state index contributed by atoms with van der Waals surface area (Å²) in [6, 6.07) is 4.07. The van der Waals surface area contributed by atoms with E-state index in [1.54, 1.807) is 0 Å². The first-order chi connectivity index (χ1) is 15.9. The van der Waals surface area contributed by atoms with E-state index in [9.17, 15) is 59.2 Å². The second kappa shape index (κ2) is 8.48. The average molecular weight is 549 g/mol. The predicted octanol–water partition coefficient (Wildman–Crippen LogP) is 2.31. The van der Waals surface area contributed by atoms with Gasteiger partial charge in [0.15, 0.2) is 11.5 Å². The van der Waals surface area contributed by atoms with Crippen molar-refractivity contribution in [1.29, 1.82) is 0 Å². The number of nitro groups is 1. The van der Waals surface area contributed by atoms with Gasteiger partial charge in [0.05, 0.1) is 9.82 Å². The van der Waals surface area contributed by atoms with E-state index in [2.05, 4.69) is 10.2 Å². The highest BCUT2D eigenvalue weighted by atomic mass is 32.2. The monoisotopic (exact) mass is 549 g/mol. The van der Waals surface area contributed by atoms with Gasteiger partial charge >= 0.3 is 0 Å². The van der Waals surface area contributed by atoms with Crippen LogP contribution in [0.1, 0.15) is 0 Å². The Morgan fingerprint density at radius 2 is 1.31 bits per heavy atom. The van der Waals surface area contributed by atoms with Crippen LogP contribution >= 0.6 is 0 Å². The van der Waals surface area contributed by atoms with Crippen LogP contribution in [-0.2, 0) is 30.4 Å². The number of aromatic hydroxyl groups is 2. The minimum atomic E-state index is -5.18. The molecule has 19 heteroatoms. The number of benzene rings is 3. The highest BCUT2D eigenvalue weighted by Crippen LogP contribution is 2.43. The molecule has 3 aromatic carbocycles. The zero-order chi connectivity index (χ0) is 26.5. The van der Waals surface area contributed by atoms with E-state index in [0.29, 0.717) is 18.2 Å². The second-order valence-electron chi connectivity index (χ2n) is 6.65. The standard InChI is InChI=1S/C16H11N3O13S3/c20-15-11(5-8(19(22)23)6-13(15)35(30,31)32)17-18-14-10-2-1-9(33(24,25)26)3-7(10)4-12(16(14)21)34(27,28)29/h1-6,20-21H,(H,24,25,26)(H,27,28,29)(H,30,31,32). The molecule has 0 saturated carbocycles. The second-order valence-corrected chi connectivity index (χ2v) is 10.9. The van der Waals surface area contributed by atoms with Crippen LogP contribution in [0, 0.1) is 10.1 Å². The molecule has 0 spiro atoms. The van der Waals surface area contributed by atoms with Gasteiger partial charge in [-0.05, 0) is 23.6 Å². The van der Waals surface area contributed by atoms with Gasteiger partial charge in [-0.15, -0.1) is 10.2 Å². The number of phenolic OH excluding ortho intramolecular Hbond substituents is 2. The van der Waals surface area contributed by atoms with E-state index in [4.69, 9.17) is 0 Å². The highest BCUT2D eigenvalue weighted by molar-refractivity contribution is 7.86. The van der Waals surface area contributed by atoms with Gasteiger partial charge in [0.25, 0.3) is 36.0 Å². The van der Waals surface area contributed by atoms with Crippen LogP contribution < -0.4 is 0 Å². The van der Waals surface area contributed by atoms with Crippen molar-refractivity contribution in [2.24, 2.45) is 10.2 Å². The minimum absolute atomic E-state index is 0.217. The Bertz CT molecular complexity index is 1760. The molecule has 3 rings (SSSR count). The van der Waals surface area contributed by atoms with Gasteiger partial charge in [-0.25, -0.2) is 0 Å². The Labute approximate surface area is 195 Å². The number of rotatable bonds is 6. The van der Waals surface area contributed by atoms with Gasteiger partial charge in [0.1, 0.15) is 21.2 Å². The third-order valence-corrected chi connectivity index (χ3v) is 6.97. The smallest absolute Gasteiger partial charge is 0.298 e. The quantitative estimate of drug-likeness (QED) is 0.128. The molecule has 0 aliphatic heterocycles. The fourth-order valence-electron chi connectivity index (χ4n) is 2.85. The maximum absolute atomic E-state index is 11.7. The van der Waals surface area contributed by atoms with Gasteiger partial charge in [0, 0.05) is 17.5 Å². The topological polar surface area (TPSA) is 271 Å². The molecule has 186 valence electrons. The summed E-state index contributed by atoms with van der Waals surface area (Å²) in [6.45, 7) is 0. The lowest BCUT2D eigenvalue weighted by molar-refractivity contribution is -0.385. The number of nitrogens with zero attached hydrogens (tertiary/aromatic N) is 3. The SMILES string of the molecule is O=[N+]([O-])c1cc(N=Nc2c(O)c(S(=O)(=O)O)cc3cc(S(=O)(=O)O)ccc23)c(O)c(S(=O)(=O)O)c1. The Morgan fingerprint density at radius 1 is 0.743 bits per heavy atom. The largest absolute Gasteiger partial charge is 0.504 e. The van der Waals surface area contributed by atoms with Crippen LogP contribution in [0.4, 0.5) is 17.1 Å². The Balaban J connectivity index is 2.37. The molecule has 0 aliphatic rings. The van der Waals surface area contributed by atoms with Crippen LogP contribution in [0.5, 0.6) is 11.5 Å². The normalized spacial score (nSPS) is 12.9. The van der Waals surface area contributed by atoms with Crippen molar-refractivity contribution in [3.63, 3.8) is 0 Å². The number of phenols is 2. The first-order valence-corrected chi connectivity index (χ1v) is 12.9. The molecule has 0 atom stereocenters. The van der Waals surface area contributed by atoms with E-state index in [-0.39, 0.29) is 10.8 Å². The molecular formula is C16H11N3O13S3. The third kappa shape index (κ3) is 5.18. The summed E-state index contributed by atoms with van der Waals surface area (Å²) in [5.74, 6) is -2.51. The van der Waals surface area contributed by atoms with Crippen LogP contribution in [0.25, 0.3) is 10.8 Å². The van der Waals surface area contributed by atoms with Gasteiger partial charge in [-0.3, -0.25) is 23.8 Å². The molecule has 0 saturated heterocycles. The zero-order valence-electron chi connectivity index (χ0n) is 16.5. The predicted molar refractivity (Wildman–Crippen MR) is 114 cm³/mol. The number of fused-ring (bicyclic) bond motifs is 1. The number of azo groups is 1. The lowest BCUT2D eigenvalue weighted by Crippen LogP contribution is -2.01. The summed E-state index contributed by atoms with van der Waals surface area (Å²) in [4.78, 5) is 6.82. The summed E-state index contributed by atoms with van der Waals surface area (Å²) >= 11 is 0. The molecule has 0 bridgehead atoms. The molecular weight excluding hydrogens is 538 g/mol. The van der Waals surface area contributed by atoms with Crippen molar-refractivity contribution < 1.29 is 54.0 Å². The van der Waals surface area contributed by atoms with Crippen molar-refractivity contribution in [2.45, 2.75) is 14.7 Å². The number of hydrogen-bond acceptors (Lipinski definition) is 12. The fraction of sp³-hybridized carbons (Fsp3) is 0. The summed E-state index contributed by atoms with van der Waals surface area (Å²) in [5, 5.41) is 37.9. The Kier molecular flexibility index (Phi) is 6.27. The fourth-order valence-corrected chi connectivity index (χ4v) is 4.60. The minimum Gasteiger partial charge on any atom is -0.504 e. The molecule has 0 fully saturated rings. The van der Waals surface area contributed by atoms with Crippen molar-refractivity contribution in [3.8, 4) is 11.5 Å². The molecule has 0 heterocycles. The molecule has 16 nitrogen and oxygen atoms in total. The lowest BCUT2D eigenvalue weighted by atomic mass is 10.1. The number of hydrogen-bond donors (Lipinski definition) is 5. The molecule has 0 aromatic heterocycles. The van der Waals surface area contributed by atoms with Crippen LogP contribution in [0.3, 0.4) is 0 Å². The maximum atomic E-state index is 11.7. The first-order valence-electron chi connectivity index (χ1n) is 8.56. The average Bonchev–Trinajstić information content (AvgIpc) is 2.70. The van der Waals surface area contributed by atoms with E-state index in [1.807, 2.05) is 0 Å². The van der Waals surface area contributed by atoms with Crippen molar-refractivity contribution in [3.05, 3.63) is 46.5 Å². The third-order valence-electron chi connectivity index (χ3n) is 4.38. The van der Waals surface area contributed by atoms with Crippen LogP contribution in [0.2, 0.25) is 0 Å². The highest BCUT2D eigenvalue weighted by Gasteiger charge is 2.26. The van der Waals surface area contributed by atoms with Crippen LogP contribution in [-0.4, -0.2) is 54.0 Å². The van der Waals surface area contributed by atoms with E-state index < -0.39 is 78.5 Å². The van der Waals surface area contributed by atoms with Crippen LogP contribution in [0.15, 0.2) is 61.3 Å². The molecule has 0 unspecified atom stereocenters. The summed E-state index contributed by atoms with van der Waals surface area (Å²) in [6.07, 6.45) is 0. The van der Waals surface area contributed by atoms with E-state index in [0.717, 1.165) is 18.2 Å². The number of nitro benzene ring substituents is 1. The molecule has 5 N–H and O–H groups in total. The maximum Gasteiger partial charge on any atom is 0.298 e. The molecule has 0 amide bonds. The molecule has 35 heavy (non-hydrogen) atoms. The summed E-state index contributed by atoms with van der Waals surface area (Å²) in [5.41, 5.74) is -2.63. The molecule has 3 aromatic rings. The van der Waals surface area contributed by atoms with Gasteiger partial charge < -0.3 is 10.2 Å². The van der Waals surface area contributed by atoms with Crippen molar-refractivity contribution >= 4 is 58.2 Å². The summed E-state index contributed by atoms with van der Waals surface area (Å²) in [7, 11) is -15.1. The van der Waals surface area contributed by atoms with E-state index in [1.165, 1.54) is 0 Å². The zero-order valence-corrected chi connectivity index (χ0v) is 19.0. The molecule has 0 aliphatic carbocycles. The van der Waals surface area contributed by atoms with Crippen molar-refractivity contribution in [2.75, 3.05) is 0 Å².